The zero-order valence-electron chi connectivity index (χ0n) is 19.2. The summed E-state index contributed by atoms with van der Waals surface area (Å²) >= 11 is 0. The van der Waals surface area contributed by atoms with Crippen LogP contribution in [0.25, 0.3) is 0 Å². The van der Waals surface area contributed by atoms with E-state index >= 15 is 0 Å². The van der Waals surface area contributed by atoms with Crippen LogP contribution >= 0.6 is 0 Å². The van der Waals surface area contributed by atoms with Gasteiger partial charge in [0.1, 0.15) is 12.1 Å². The molecule has 6 N–H and O–H groups in total. The molecule has 2 unspecified atom stereocenters. The smallest absolute Gasteiger partial charge is 0.405 e. The van der Waals surface area contributed by atoms with Crippen LogP contribution in [0, 0.1) is 0 Å². The van der Waals surface area contributed by atoms with E-state index in [1.807, 2.05) is 0 Å². The minimum atomic E-state index is -1.31. The lowest BCUT2D eigenvalue weighted by molar-refractivity contribution is -0.124. The first-order chi connectivity index (χ1) is 17.3. The van der Waals surface area contributed by atoms with Gasteiger partial charge >= 0.3 is 12.2 Å². The van der Waals surface area contributed by atoms with E-state index in [0.29, 0.717) is 11.1 Å². The lowest BCUT2D eigenvalue weighted by Gasteiger charge is -2.18. The summed E-state index contributed by atoms with van der Waals surface area (Å²) in [5, 5.41) is 28.1. The standard InChI is InChI=1S/C26H26N4O6/c31-23(21(29-25(33)34)19-7-3-1-4-8-19)27-15-17-11-13-18(14-12-17)16-28-24(32)22(30-26(35)36)20-9-5-2-6-10-20/h1-14,21-22,29-30H,15-16H2,(H,27,31)(H,28,32)(H,33,34)(H,35,36). The van der Waals surface area contributed by atoms with E-state index in [1.54, 1.807) is 84.9 Å². The van der Waals surface area contributed by atoms with Crippen molar-refractivity contribution in [3.8, 4) is 0 Å². The highest BCUT2D eigenvalue weighted by molar-refractivity contribution is 5.87. The van der Waals surface area contributed by atoms with Crippen molar-refractivity contribution in [3.05, 3.63) is 107 Å². The molecule has 3 aromatic rings. The molecule has 0 heterocycles. The Kier molecular flexibility index (Phi) is 8.99. The summed E-state index contributed by atoms with van der Waals surface area (Å²) in [4.78, 5) is 47.5. The molecular weight excluding hydrogens is 464 g/mol. The van der Waals surface area contributed by atoms with Crippen LogP contribution < -0.4 is 21.3 Å². The summed E-state index contributed by atoms with van der Waals surface area (Å²) < 4.78 is 0. The molecule has 0 fully saturated rings. The predicted molar refractivity (Wildman–Crippen MR) is 131 cm³/mol. The number of benzene rings is 3. The lowest BCUT2D eigenvalue weighted by atomic mass is 10.1. The van der Waals surface area contributed by atoms with E-state index in [2.05, 4.69) is 21.3 Å². The molecule has 0 spiro atoms. The maximum absolute atomic E-state index is 12.6. The van der Waals surface area contributed by atoms with Gasteiger partial charge < -0.3 is 31.5 Å². The van der Waals surface area contributed by atoms with Gasteiger partial charge in [0.15, 0.2) is 0 Å². The molecule has 0 aliphatic rings. The van der Waals surface area contributed by atoms with Crippen LogP contribution in [0.3, 0.4) is 0 Å². The predicted octanol–water partition coefficient (Wildman–Crippen LogP) is 2.94. The fourth-order valence-corrected chi connectivity index (χ4v) is 3.50. The summed E-state index contributed by atoms with van der Waals surface area (Å²) in [5.74, 6) is -0.976. The van der Waals surface area contributed by atoms with E-state index in [9.17, 15) is 19.2 Å². The van der Waals surface area contributed by atoms with E-state index in [-0.39, 0.29) is 13.1 Å². The second-order valence-corrected chi connectivity index (χ2v) is 7.84. The first-order valence-corrected chi connectivity index (χ1v) is 11.1. The van der Waals surface area contributed by atoms with Crippen molar-refractivity contribution in [3.63, 3.8) is 0 Å². The lowest BCUT2D eigenvalue weighted by Crippen LogP contribution is -2.39. The van der Waals surface area contributed by atoms with Gasteiger partial charge in [0.25, 0.3) is 0 Å². The topological polar surface area (TPSA) is 157 Å². The van der Waals surface area contributed by atoms with Crippen molar-refractivity contribution in [1.82, 2.24) is 21.3 Å². The van der Waals surface area contributed by atoms with E-state index in [0.717, 1.165) is 11.1 Å². The molecule has 0 saturated heterocycles. The first-order valence-electron chi connectivity index (χ1n) is 11.1. The highest BCUT2D eigenvalue weighted by Crippen LogP contribution is 2.15. The Hall–Kier alpha value is -4.86. The number of carbonyl (C=O) groups excluding carboxylic acids is 2. The Bertz CT molecular complexity index is 1090. The Labute approximate surface area is 207 Å². The van der Waals surface area contributed by atoms with Crippen molar-refractivity contribution in [2.24, 2.45) is 0 Å². The third-order valence-electron chi connectivity index (χ3n) is 5.28. The molecule has 0 radical (unpaired) electrons. The zero-order valence-corrected chi connectivity index (χ0v) is 19.2. The van der Waals surface area contributed by atoms with E-state index in [1.165, 1.54) is 0 Å². The highest BCUT2D eigenvalue weighted by atomic mass is 16.4. The fraction of sp³-hybridized carbons (Fsp3) is 0.154. The third kappa shape index (κ3) is 7.59. The van der Waals surface area contributed by atoms with Gasteiger partial charge in [-0.1, -0.05) is 84.9 Å². The zero-order chi connectivity index (χ0) is 25.9. The van der Waals surface area contributed by atoms with Gasteiger partial charge in [0.05, 0.1) is 0 Å². The Balaban J connectivity index is 1.56. The van der Waals surface area contributed by atoms with Crippen LogP contribution in [0.1, 0.15) is 34.3 Å². The molecule has 3 aromatic carbocycles. The summed E-state index contributed by atoms with van der Waals surface area (Å²) in [6.07, 6.45) is -2.61. The van der Waals surface area contributed by atoms with Gasteiger partial charge in [-0.3, -0.25) is 9.59 Å². The van der Waals surface area contributed by atoms with Crippen LogP contribution in [0.4, 0.5) is 9.59 Å². The summed E-state index contributed by atoms with van der Waals surface area (Å²) in [7, 11) is 0. The average molecular weight is 491 g/mol. The number of amides is 4. The number of nitrogens with one attached hydrogen (secondary N) is 4. The highest BCUT2D eigenvalue weighted by Gasteiger charge is 2.23. The fourth-order valence-electron chi connectivity index (χ4n) is 3.50. The number of hydrogen-bond donors (Lipinski definition) is 6. The van der Waals surface area contributed by atoms with Crippen molar-refractivity contribution in [2.45, 2.75) is 25.2 Å². The van der Waals surface area contributed by atoms with Gasteiger partial charge in [0, 0.05) is 13.1 Å². The van der Waals surface area contributed by atoms with Crippen LogP contribution in [0.5, 0.6) is 0 Å². The summed E-state index contributed by atoms with van der Waals surface area (Å²) in [5.41, 5.74) is 2.59. The summed E-state index contributed by atoms with van der Waals surface area (Å²) in [6.45, 7) is 0.351. The first kappa shape index (κ1) is 25.8. The molecule has 0 aliphatic carbocycles. The normalized spacial score (nSPS) is 12.0. The molecule has 0 aromatic heterocycles. The maximum atomic E-state index is 12.6. The van der Waals surface area contributed by atoms with Gasteiger partial charge in [-0.25, -0.2) is 9.59 Å². The second kappa shape index (κ2) is 12.6. The maximum Gasteiger partial charge on any atom is 0.405 e. The van der Waals surface area contributed by atoms with E-state index < -0.39 is 36.1 Å². The Morgan fingerprint density at radius 2 is 0.889 bits per heavy atom. The molecule has 0 saturated carbocycles. The Morgan fingerprint density at radius 3 is 1.19 bits per heavy atom. The van der Waals surface area contributed by atoms with Crippen molar-refractivity contribution in [2.75, 3.05) is 0 Å². The van der Waals surface area contributed by atoms with Gasteiger partial charge in [-0.05, 0) is 22.3 Å². The number of hydrogen-bond acceptors (Lipinski definition) is 4. The minimum absolute atomic E-state index is 0.175. The molecule has 0 aliphatic heterocycles. The molecule has 3 rings (SSSR count). The quantitative estimate of drug-likeness (QED) is 0.257. The molecule has 10 heteroatoms. The molecule has 0 bridgehead atoms. The number of carboxylic acid groups (broad SMARTS) is 2. The van der Waals surface area contributed by atoms with Crippen molar-refractivity contribution < 1.29 is 29.4 Å². The van der Waals surface area contributed by atoms with Crippen LogP contribution in [0.15, 0.2) is 84.9 Å². The second-order valence-electron chi connectivity index (χ2n) is 7.84. The van der Waals surface area contributed by atoms with Crippen molar-refractivity contribution >= 4 is 24.0 Å². The molecule has 10 nitrogen and oxygen atoms in total. The van der Waals surface area contributed by atoms with Gasteiger partial charge in [0.2, 0.25) is 11.8 Å². The SMILES string of the molecule is O=C(O)NC(C(=O)NCc1ccc(CNC(=O)C(NC(=O)O)c2ccccc2)cc1)c1ccccc1. The summed E-state index contributed by atoms with van der Waals surface area (Å²) in [6, 6.07) is 22.1. The average Bonchev–Trinajstić information content (AvgIpc) is 2.89. The van der Waals surface area contributed by atoms with Crippen molar-refractivity contribution in [1.29, 1.82) is 0 Å². The molecule has 186 valence electrons. The van der Waals surface area contributed by atoms with E-state index in [4.69, 9.17) is 10.2 Å². The third-order valence-corrected chi connectivity index (χ3v) is 5.28. The largest absolute Gasteiger partial charge is 0.465 e. The van der Waals surface area contributed by atoms with Gasteiger partial charge in [-0.2, -0.15) is 0 Å². The number of carbonyl (C=O) groups is 4. The molecule has 4 amide bonds. The Morgan fingerprint density at radius 1 is 0.556 bits per heavy atom. The van der Waals surface area contributed by atoms with Crippen LogP contribution in [-0.2, 0) is 22.7 Å². The van der Waals surface area contributed by atoms with Crippen LogP contribution in [-0.4, -0.2) is 34.2 Å². The molecular formula is C26H26N4O6. The molecule has 2 atom stereocenters. The monoisotopic (exact) mass is 490 g/mol. The molecule has 36 heavy (non-hydrogen) atoms. The minimum Gasteiger partial charge on any atom is -0.465 e. The number of rotatable bonds is 10. The van der Waals surface area contributed by atoms with Gasteiger partial charge in [-0.15, -0.1) is 0 Å². The van der Waals surface area contributed by atoms with Crippen LogP contribution in [0.2, 0.25) is 0 Å².